The van der Waals surface area contributed by atoms with Crippen LogP contribution in [0, 0.1) is 5.92 Å². The molecule has 28 heavy (non-hydrogen) atoms. The van der Waals surface area contributed by atoms with Gasteiger partial charge in [0, 0.05) is 18.5 Å². The lowest BCUT2D eigenvalue weighted by Gasteiger charge is -2.38. The number of likely N-dealkylation sites (N-methyl/N-ethyl adjacent to an activating group) is 1. The minimum absolute atomic E-state index is 0.0283. The van der Waals surface area contributed by atoms with Crippen molar-refractivity contribution in [3.05, 3.63) is 108 Å². The largest absolute Gasteiger partial charge is 0.380 e. The van der Waals surface area contributed by atoms with Crippen LogP contribution in [0.3, 0.4) is 0 Å². The quantitative estimate of drug-likeness (QED) is 0.592. The van der Waals surface area contributed by atoms with Gasteiger partial charge in [0.25, 0.3) is 0 Å². The number of aliphatic hydroxyl groups is 1. The van der Waals surface area contributed by atoms with Crippen molar-refractivity contribution < 1.29 is 5.11 Å². The maximum atomic E-state index is 11.9. The summed E-state index contributed by atoms with van der Waals surface area (Å²) in [5.74, 6) is 0.0283. The first kappa shape index (κ1) is 20.3. The van der Waals surface area contributed by atoms with Gasteiger partial charge in [-0.25, -0.2) is 0 Å². The van der Waals surface area contributed by atoms with Gasteiger partial charge in [-0.2, -0.15) is 0 Å². The Morgan fingerprint density at radius 1 is 0.750 bits per heavy atom. The van der Waals surface area contributed by atoms with Crippen LogP contribution in [0.15, 0.2) is 91.0 Å². The van der Waals surface area contributed by atoms with Crippen LogP contribution in [0.4, 0.5) is 0 Å². The molecule has 0 heterocycles. The van der Waals surface area contributed by atoms with Gasteiger partial charge >= 0.3 is 0 Å². The van der Waals surface area contributed by atoms with Gasteiger partial charge in [-0.3, -0.25) is 0 Å². The summed E-state index contributed by atoms with van der Waals surface area (Å²) in [7, 11) is 2.15. The summed E-state index contributed by atoms with van der Waals surface area (Å²) >= 11 is 0. The van der Waals surface area contributed by atoms with Crippen LogP contribution in [0.5, 0.6) is 0 Å². The molecule has 0 aliphatic heterocycles. The molecule has 2 heteroatoms. The number of hydrogen-bond donors (Lipinski definition) is 1. The van der Waals surface area contributed by atoms with Gasteiger partial charge in [0.1, 0.15) is 5.60 Å². The SMILES string of the molecule is CC(Cc1ccccc1)N(C)CC(C)C(O)(c1ccccc1)c1ccccc1. The molecule has 2 unspecified atom stereocenters. The fourth-order valence-corrected chi connectivity index (χ4v) is 3.98. The highest BCUT2D eigenvalue weighted by molar-refractivity contribution is 5.36. The maximum Gasteiger partial charge on any atom is 0.118 e. The Morgan fingerprint density at radius 2 is 1.18 bits per heavy atom. The summed E-state index contributed by atoms with van der Waals surface area (Å²) in [4.78, 5) is 2.36. The lowest BCUT2D eigenvalue weighted by Crippen LogP contribution is -2.43. The Kier molecular flexibility index (Phi) is 6.66. The molecule has 0 aliphatic rings. The molecule has 3 rings (SSSR count). The molecule has 0 aliphatic carbocycles. The minimum Gasteiger partial charge on any atom is -0.380 e. The number of nitrogens with zero attached hydrogens (tertiary/aromatic N) is 1. The molecule has 0 bridgehead atoms. The first-order chi connectivity index (χ1) is 13.5. The van der Waals surface area contributed by atoms with Crippen LogP contribution in [0.1, 0.15) is 30.5 Å². The van der Waals surface area contributed by atoms with E-state index >= 15 is 0 Å². The number of hydrogen-bond acceptors (Lipinski definition) is 2. The van der Waals surface area contributed by atoms with E-state index in [4.69, 9.17) is 0 Å². The predicted octanol–water partition coefficient (Wildman–Crippen LogP) is 5.12. The van der Waals surface area contributed by atoms with Crippen molar-refractivity contribution in [3.8, 4) is 0 Å². The maximum absolute atomic E-state index is 11.9. The molecular weight excluding hydrogens is 342 g/mol. The van der Waals surface area contributed by atoms with E-state index in [0.29, 0.717) is 6.04 Å². The molecule has 0 aromatic heterocycles. The normalized spacial score (nSPS) is 14.0. The van der Waals surface area contributed by atoms with Crippen molar-refractivity contribution in [2.24, 2.45) is 5.92 Å². The highest BCUT2D eigenvalue weighted by Crippen LogP contribution is 2.37. The molecule has 3 aromatic carbocycles. The fraction of sp³-hybridized carbons (Fsp3) is 0.308. The van der Waals surface area contributed by atoms with Gasteiger partial charge in [0.15, 0.2) is 0 Å². The van der Waals surface area contributed by atoms with Crippen molar-refractivity contribution in [3.63, 3.8) is 0 Å². The summed E-state index contributed by atoms with van der Waals surface area (Å²) in [5, 5.41) is 11.9. The zero-order valence-electron chi connectivity index (χ0n) is 17.1. The fourth-order valence-electron chi connectivity index (χ4n) is 3.98. The Morgan fingerprint density at radius 3 is 1.64 bits per heavy atom. The van der Waals surface area contributed by atoms with Crippen molar-refractivity contribution in [1.29, 1.82) is 0 Å². The summed E-state index contributed by atoms with van der Waals surface area (Å²) in [5.41, 5.74) is 2.20. The average molecular weight is 374 g/mol. The Bertz CT molecular complexity index is 793. The molecule has 3 aromatic rings. The van der Waals surface area contributed by atoms with Crippen LogP contribution in [-0.2, 0) is 12.0 Å². The summed E-state index contributed by atoms with van der Waals surface area (Å²) in [6.45, 7) is 5.20. The van der Waals surface area contributed by atoms with E-state index in [2.05, 4.69) is 56.1 Å². The zero-order chi connectivity index (χ0) is 20.0. The Labute approximate surface area is 169 Å². The van der Waals surface area contributed by atoms with Gasteiger partial charge in [-0.15, -0.1) is 0 Å². The molecular formula is C26H31NO. The van der Waals surface area contributed by atoms with Crippen LogP contribution in [-0.4, -0.2) is 29.6 Å². The molecule has 0 radical (unpaired) electrons. The van der Waals surface area contributed by atoms with E-state index in [1.807, 2.05) is 60.7 Å². The van der Waals surface area contributed by atoms with E-state index in [1.54, 1.807) is 0 Å². The summed E-state index contributed by atoms with van der Waals surface area (Å²) < 4.78 is 0. The molecule has 1 N–H and O–H groups in total. The third-order valence-corrected chi connectivity index (χ3v) is 5.83. The highest BCUT2D eigenvalue weighted by atomic mass is 16.3. The number of benzene rings is 3. The van der Waals surface area contributed by atoms with E-state index in [9.17, 15) is 5.11 Å². The van der Waals surface area contributed by atoms with Crippen LogP contribution in [0.25, 0.3) is 0 Å². The first-order valence-electron chi connectivity index (χ1n) is 10.1. The van der Waals surface area contributed by atoms with Crippen LogP contribution < -0.4 is 0 Å². The smallest absolute Gasteiger partial charge is 0.118 e. The topological polar surface area (TPSA) is 23.5 Å². The molecule has 0 amide bonds. The van der Waals surface area contributed by atoms with Crippen molar-refractivity contribution in [1.82, 2.24) is 4.90 Å². The minimum atomic E-state index is -1.02. The molecule has 0 saturated heterocycles. The van der Waals surface area contributed by atoms with E-state index in [1.165, 1.54) is 5.56 Å². The van der Waals surface area contributed by atoms with Crippen molar-refractivity contribution in [2.75, 3.05) is 13.6 Å². The molecule has 2 atom stereocenters. The van der Waals surface area contributed by atoms with Gasteiger partial charge in [-0.1, -0.05) is 97.9 Å². The van der Waals surface area contributed by atoms with Gasteiger partial charge in [-0.05, 0) is 37.1 Å². The Balaban J connectivity index is 1.81. The lowest BCUT2D eigenvalue weighted by molar-refractivity contribution is 0.00631. The lowest BCUT2D eigenvalue weighted by atomic mass is 9.76. The standard InChI is InChI=1S/C26H31NO/c1-21(20-27(3)22(2)19-23-13-7-4-8-14-23)26(28,24-15-9-5-10-16-24)25-17-11-6-12-18-25/h4-18,21-22,28H,19-20H2,1-3H3. The molecule has 146 valence electrons. The summed E-state index contributed by atoms with van der Waals surface area (Å²) in [6, 6.07) is 31.1. The molecule has 0 saturated carbocycles. The first-order valence-corrected chi connectivity index (χ1v) is 10.1. The van der Waals surface area contributed by atoms with E-state index in [0.717, 1.165) is 24.1 Å². The molecule has 0 fully saturated rings. The van der Waals surface area contributed by atoms with Gasteiger partial charge < -0.3 is 10.0 Å². The highest BCUT2D eigenvalue weighted by Gasteiger charge is 2.38. The van der Waals surface area contributed by atoms with Crippen LogP contribution in [0.2, 0.25) is 0 Å². The summed E-state index contributed by atoms with van der Waals surface area (Å²) in [6.07, 6.45) is 0.999. The van der Waals surface area contributed by atoms with Gasteiger partial charge in [0.2, 0.25) is 0 Å². The Hall–Kier alpha value is -2.42. The molecule has 2 nitrogen and oxygen atoms in total. The predicted molar refractivity (Wildman–Crippen MR) is 117 cm³/mol. The second kappa shape index (κ2) is 9.18. The van der Waals surface area contributed by atoms with Gasteiger partial charge in [0.05, 0.1) is 0 Å². The monoisotopic (exact) mass is 373 g/mol. The third-order valence-electron chi connectivity index (χ3n) is 5.83. The average Bonchev–Trinajstić information content (AvgIpc) is 2.75. The van der Waals surface area contributed by atoms with E-state index in [-0.39, 0.29) is 5.92 Å². The van der Waals surface area contributed by atoms with Crippen LogP contribution >= 0.6 is 0 Å². The van der Waals surface area contributed by atoms with Crippen molar-refractivity contribution in [2.45, 2.75) is 31.9 Å². The molecule has 0 spiro atoms. The van der Waals surface area contributed by atoms with Crippen molar-refractivity contribution >= 4 is 0 Å². The second-order valence-corrected chi connectivity index (χ2v) is 7.88. The number of rotatable bonds is 8. The third kappa shape index (κ3) is 4.52. The second-order valence-electron chi connectivity index (χ2n) is 7.88. The zero-order valence-corrected chi connectivity index (χ0v) is 17.1. The van der Waals surface area contributed by atoms with E-state index < -0.39 is 5.60 Å².